The third-order valence-electron chi connectivity index (χ3n) is 3.17. The zero-order chi connectivity index (χ0) is 12.4. The summed E-state index contributed by atoms with van der Waals surface area (Å²) in [4.78, 5) is 15.2. The normalized spacial score (nSPS) is 20.2. The lowest BCUT2D eigenvalue weighted by Gasteiger charge is -2.16. The van der Waals surface area contributed by atoms with Gasteiger partial charge in [0.15, 0.2) is 5.13 Å². The minimum atomic E-state index is 0.466. The fourth-order valence-electron chi connectivity index (χ4n) is 2.24. The molecule has 1 saturated heterocycles. The topological polar surface area (TPSA) is 53.9 Å². The first-order valence-corrected chi connectivity index (χ1v) is 6.90. The second kappa shape index (κ2) is 4.99. The number of anilines is 2. The minimum Gasteiger partial charge on any atom is -0.300 e. The monoisotopic (exact) mass is 261 g/mol. The number of nitrogens with one attached hydrogen (secondary N) is 1. The third kappa shape index (κ3) is 2.34. The van der Waals surface area contributed by atoms with E-state index in [-0.39, 0.29) is 0 Å². The van der Waals surface area contributed by atoms with Crippen LogP contribution in [0.25, 0.3) is 0 Å². The molecule has 0 amide bonds. The van der Waals surface area contributed by atoms with Gasteiger partial charge in [-0.05, 0) is 32.5 Å². The van der Waals surface area contributed by atoms with Gasteiger partial charge in [0, 0.05) is 17.8 Å². The van der Waals surface area contributed by atoms with Gasteiger partial charge in [-0.15, -0.1) is 11.3 Å². The summed E-state index contributed by atoms with van der Waals surface area (Å²) < 4.78 is 0. The second-order valence-electron chi connectivity index (χ2n) is 4.41. The summed E-state index contributed by atoms with van der Waals surface area (Å²) in [5.41, 5.74) is 1.15. The molecular formula is C12H15N5S. The maximum absolute atomic E-state index is 4.62. The van der Waals surface area contributed by atoms with Crippen LogP contribution >= 0.6 is 11.3 Å². The van der Waals surface area contributed by atoms with Gasteiger partial charge in [0.2, 0.25) is 5.95 Å². The predicted molar refractivity (Wildman–Crippen MR) is 72.0 cm³/mol. The van der Waals surface area contributed by atoms with Crippen molar-refractivity contribution >= 4 is 22.4 Å². The van der Waals surface area contributed by atoms with Crippen molar-refractivity contribution in [3.8, 4) is 0 Å². The molecule has 1 fully saturated rings. The largest absolute Gasteiger partial charge is 0.300 e. The average molecular weight is 261 g/mol. The zero-order valence-corrected chi connectivity index (χ0v) is 11.0. The molecule has 6 heteroatoms. The van der Waals surface area contributed by atoms with E-state index in [1.54, 1.807) is 29.8 Å². The number of likely N-dealkylation sites (tertiary alicyclic amines) is 1. The van der Waals surface area contributed by atoms with Crippen LogP contribution in [0.3, 0.4) is 0 Å². The lowest BCUT2D eigenvalue weighted by atomic mass is 10.2. The van der Waals surface area contributed by atoms with Crippen molar-refractivity contribution in [3.05, 3.63) is 29.5 Å². The van der Waals surface area contributed by atoms with Gasteiger partial charge in [0.25, 0.3) is 0 Å². The molecule has 5 nitrogen and oxygen atoms in total. The number of aromatic nitrogens is 3. The molecular weight excluding hydrogens is 246 g/mol. The van der Waals surface area contributed by atoms with E-state index < -0.39 is 0 Å². The Hall–Kier alpha value is -1.53. The van der Waals surface area contributed by atoms with E-state index >= 15 is 0 Å². The Morgan fingerprint density at radius 2 is 2.22 bits per heavy atom. The van der Waals surface area contributed by atoms with Crippen molar-refractivity contribution in [2.24, 2.45) is 0 Å². The van der Waals surface area contributed by atoms with Crippen LogP contribution in [0.4, 0.5) is 11.1 Å². The van der Waals surface area contributed by atoms with Crippen LogP contribution < -0.4 is 5.32 Å². The maximum Gasteiger partial charge on any atom is 0.228 e. The first-order valence-electron chi connectivity index (χ1n) is 6.02. The average Bonchev–Trinajstić information content (AvgIpc) is 2.99. The third-order valence-corrected chi connectivity index (χ3v) is 3.94. The summed E-state index contributed by atoms with van der Waals surface area (Å²) in [6.07, 6.45) is 5.88. The van der Waals surface area contributed by atoms with Crippen LogP contribution in [-0.2, 0) is 0 Å². The Balaban J connectivity index is 1.74. The highest BCUT2D eigenvalue weighted by Gasteiger charge is 2.24. The molecule has 2 aromatic rings. The van der Waals surface area contributed by atoms with Gasteiger partial charge in [-0.1, -0.05) is 0 Å². The van der Waals surface area contributed by atoms with Crippen LogP contribution in [0.15, 0.2) is 23.8 Å². The first-order chi connectivity index (χ1) is 8.83. The molecule has 1 aliphatic rings. The number of thiazole rings is 1. The van der Waals surface area contributed by atoms with Gasteiger partial charge in [0.1, 0.15) is 0 Å². The molecule has 94 valence electrons. The highest BCUT2D eigenvalue weighted by Crippen LogP contribution is 2.32. The van der Waals surface area contributed by atoms with Crippen molar-refractivity contribution in [1.29, 1.82) is 0 Å². The summed E-state index contributed by atoms with van der Waals surface area (Å²) in [6.45, 7) is 1.16. The lowest BCUT2D eigenvalue weighted by Crippen LogP contribution is -2.17. The molecule has 1 aliphatic heterocycles. The quantitative estimate of drug-likeness (QED) is 0.919. The SMILES string of the molecule is CN1CCC[C@@H]1c1csc(Nc2ncccn2)n1. The number of nitrogens with zero attached hydrogens (tertiary/aromatic N) is 4. The number of hydrogen-bond acceptors (Lipinski definition) is 6. The molecule has 0 aliphatic carbocycles. The van der Waals surface area contributed by atoms with Crippen LogP contribution in [0.2, 0.25) is 0 Å². The zero-order valence-electron chi connectivity index (χ0n) is 10.2. The highest BCUT2D eigenvalue weighted by atomic mass is 32.1. The molecule has 1 atom stereocenters. The van der Waals surface area contributed by atoms with Gasteiger partial charge in [-0.2, -0.15) is 0 Å². The Labute approximate surface area is 110 Å². The van der Waals surface area contributed by atoms with Gasteiger partial charge >= 0.3 is 0 Å². The van der Waals surface area contributed by atoms with E-state index in [0.717, 1.165) is 17.4 Å². The molecule has 18 heavy (non-hydrogen) atoms. The molecule has 0 aromatic carbocycles. The molecule has 0 bridgehead atoms. The van der Waals surface area contributed by atoms with Gasteiger partial charge in [-0.25, -0.2) is 15.0 Å². The van der Waals surface area contributed by atoms with Gasteiger partial charge in [0.05, 0.1) is 11.7 Å². The smallest absolute Gasteiger partial charge is 0.228 e. The molecule has 1 N–H and O–H groups in total. The van der Waals surface area contributed by atoms with E-state index in [1.807, 2.05) is 0 Å². The van der Waals surface area contributed by atoms with E-state index in [9.17, 15) is 0 Å². The summed E-state index contributed by atoms with van der Waals surface area (Å²) in [6, 6.07) is 2.26. The predicted octanol–water partition coefficient (Wildman–Crippen LogP) is 2.44. The van der Waals surface area contributed by atoms with Crippen molar-refractivity contribution in [3.63, 3.8) is 0 Å². The van der Waals surface area contributed by atoms with Crippen LogP contribution in [0, 0.1) is 0 Å². The Morgan fingerprint density at radius 3 is 2.94 bits per heavy atom. The van der Waals surface area contributed by atoms with Crippen molar-refractivity contribution in [2.75, 3.05) is 18.9 Å². The minimum absolute atomic E-state index is 0.466. The van der Waals surface area contributed by atoms with Crippen molar-refractivity contribution in [1.82, 2.24) is 19.9 Å². The highest BCUT2D eigenvalue weighted by molar-refractivity contribution is 7.13. The fraction of sp³-hybridized carbons (Fsp3) is 0.417. The number of hydrogen-bond donors (Lipinski definition) is 1. The van der Waals surface area contributed by atoms with E-state index in [0.29, 0.717) is 12.0 Å². The van der Waals surface area contributed by atoms with E-state index in [1.165, 1.54) is 12.8 Å². The van der Waals surface area contributed by atoms with Crippen LogP contribution in [0.1, 0.15) is 24.6 Å². The van der Waals surface area contributed by atoms with Crippen molar-refractivity contribution in [2.45, 2.75) is 18.9 Å². The molecule has 0 saturated carbocycles. The Bertz CT molecular complexity index is 512. The molecule has 0 radical (unpaired) electrons. The van der Waals surface area contributed by atoms with Crippen LogP contribution in [0.5, 0.6) is 0 Å². The Morgan fingerprint density at radius 1 is 1.39 bits per heavy atom. The molecule has 3 heterocycles. The fourth-order valence-corrected chi connectivity index (χ4v) is 2.99. The molecule has 3 rings (SSSR count). The van der Waals surface area contributed by atoms with Crippen LogP contribution in [-0.4, -0.2) is 33.4 Å². The molecule has 2 aromatic heterocycles. The second-order valence-corrected chi connectivity index (χ2v) is 5.27. The maximum atomic E-state index is 4.62. The van der Waals surface area contributed by atoms with Crippen molar-refractivity contribution < 1.29 is 0 Å². The van der Waals surface area contributed by atoms with E-state index in [4.69, 9.17) is 0 Å². The molecule has 0 spiro atoms. The lowest BCUT2D eigenvalue weighted by molar-refractivity contribution is 0.313. The Kier molecular flexibility index (Phi) is 3.21. The first kappa shape index (κ1) is 11.6. The summed E-state index contributed by atoms with van der Waals surface area (Å²) in [7, 11) is 2.16. The standard InChI is InChI=1S/C12H15N5S/c1-17-7-2-4-10(17)9-8-18-12(15-9)16-11-13-5-3-6-14-11/h3,5-6,8,10H,2,4,7H2,1H3,(H,13,14,15,16)/t10-/m1/s1. The number of rotatable bonds is 3. The molecule has 0 unspecified atom stereocenters. The summed E-state index contributed by atoms with van der Waals surface area (Å²) in [5.74, 6) is 0.596. The summed E-state index contributed by atoms with van der Waals surface area (Å²) >= 11 is 1.60. The van der Waals surface area contributed by atoms with Gasteiger partial charge in [-0.3, -0.25) is 4.90 Å². The van der Waals surface area contributed by atoms with E-state index in [2.05, 4.69) is 37.6 Å². The van der Waals surface area contributed by atoms with Gasteiger partial charge < -0.3 is 5.32 Å². The summed E-state index contributed by atoms with van der Waals surface area (Å²) in [5, 5.41) is 6.11.